The zero-order chi connectivity index (χ0) is 17.7. The number of nitrogens with one attached hydrogen (secondary N) is 1. The summed E-state index contributed by atoms with van der Waals surface area (Å²) in [5.41, 5.74) is 1.28. The minimum Gasteiger partial charge on any atom is -0.323 e. The molecule has 0 aromatic heterocycles. The second-order valence-electron chi connectivity index (χ2n) is 5.28. The molecule has 2 rings (SSSR count). The number of carbonyl (C=O) groups is 1. The van der Waals surface area contributed by atoms with Gasteiger partial charge >= 0.3 is 0 Å². The van der Waals surface area contributed by atoms with E-state index in [0.29, 0.717) is 11.3 Å². The largest absolute Gasteiger partial charge is 0.323 e. The molecule has 0 bridgehead atoms. The van der Waals surface area contributed by atoms with Gasteiger partial charge in [0.15, 0.2) is 0 Å². The molecule has 5 nitrogen and oxygen atoms in total. The zero-order valence-electron chi connectivity index (χ0n) is 13.8. The Balaban J connectivity index is 2.38. The lowest BCUT2D eigenvalue weighted by molar-refractivity contribution is -0.119. The number of nitrogens with zero attached hydrogens (tertiary/aromatic N) is 1. The number of carbonyl (C=O) groups excluding carboxylic acids is 1. The summed E-state index contributed by atoms with van der Waals surface area (Å²) in [7, 11) is -2.13. The predicted octanol–water partition coefficient (Wildman–Crippen LogP) is 2.98. The lowest BCUT2D eigenvalue weighted by atomic mass is 10.1. The van der Waals surface area contributed by atoms with Crippen LogP contribution in [0.3, 0.4) is 0 Å². The lowest BCUT2D eigenvalue weighted by Crippen LogP contribution is -2.38. The summed E-state index contributed by atoms with van der Waals surface area (Å²) >= 11 is 1.51. The number of sulfonamides is 1. The van der Waals surface area contributed by atoms with Crippen molar-refractivity contribution in [2.24, 2.45) is 0 Å². The SMILES string of the molecule is CSc1ccccc1NC(=O)C(c1ccccc1)N(C)S(C)(=O)=O. The molecule has 0 fully saturated rings. The number of benzene rings is 2. The quantitative estimate of drug-likeness (QED) is 0.800. The number of thioether (sulfide) groups is 1. The van der Waals surface area contributed by atoms with E-state index < -0.39 is 22.0 Å². The molecule has 0 aliphatic carbocycles. The molecule has 1 atom stereocenters. The third-order valence-corrected chi connectivity index (χ3v) is 5.67. The Morgan fingerprint density at radius 1 is 1.08 bits per heavy atom. The van der Waals surface area contributed by atoms with E-state index in [2.05, 4.69) is 5.32 Å². The molecule has 0 aliphatic rings. The number of anilines is 1. The van der Waals surface area contributed by atoms with E-state index in [0.717, 1.165) is 15.5 Å². The van der Waals surface area contributed by atoms with Crippen LogP contribution in [0, 0.1) is 0 Å². The maximum Gasteiger partial charge on any atom is 0.247 e. The van der Waals surface area contributed by atoms with E-state index in [1.807, 2.05) is 30.5 Å². The van der Waals surface area contributed by atoms with Gasteiger partial charge in [0, 0.05) is 11.9 Å². The summed E-state index contributed by atoms with van der Waals surface area (Å²) in [6.07, 6.45) is 3.01. The zero-order valence-corrected chi connectivity index (χ0v) is 15.4. The van der Waals surface area contributed by atoms with Crippen molar-refractivity contribution in [2.45, 2.75) is 10.9 Å². The first kappa shape index (κ1) is 18.5. The Bertz CT molecular complexity index is 808. The van der Waals surface area contributed by atoms with Gasteiger partial charge in [0.2, 0.25) is 15.9 Å². The van der Waals surface area contributed by atoms with Crippen molar-refractivity contribution >= 4 is 33.4 Å². The first-order valence-electron chi connectivity index (χ1n) is 7.26. The molecule has 7 heteroatoms. The Kier molecular flexibility index (Phi) is 6.04. The van der Waals surface area contributed by atoms with Gasteiger partial charge in [0.25, 0.3) is 0 Å². The summed E-state index contributed by atoms with van der Waals surface area (Å²) in [5, 5.41) is 2.85. The van der Waals surface area contributed by atoms with Gasteiger partial charge in [-0.3, -0.25) is 4.79 Å². The fourth-order valence-corrected chi connectivity index (χ4v) is 3.46. The number of hydrogen-bond donors (Lipinski definition) is 1. The van der Waals surface area contributed by atoms with Gasteiger partial charge in [-0.1, -0.05) is 42.5 Å². The van der Waals surface area contributed by atoms with E-state index >= 15 is 0 Å². The summed E-state index contributed by atoms with van der Waals surface area (Å²) in [6, 6.07) is 15.3. The second-order valence-corrected chi connectivity index (χ2v) is 8.17. The predicted molar refractivity (Wildman–Crippen MR) is 98.6 cm³/mol. The maximum absolute atomic E-state index is 12.8. The third kappa shape index (κ3) is 4.37. The Morgan fingerprint density at radius 3 is 2.25 bits per heavy atom. The summed E-state index contributed by atoms with van der Waals surface area (Å²) in [4.78, 5) is 13.8. The van der Waals surface area contributed by atoms with Crippen LogP contribution in [-0.4, -0.2) is 38.2 Å². The summed E-state index contributed by atoms with van der Waals surface area (Å²) in [5.74, 6) is -0.393. The Morgan fingerprint density at radius 2 is 1.67 bits per heavy atom. The van der Waals surface area contributed by atoms with Crippen molar-refractivity contribution in [3.8, 4) is 0 Å². The molecule has 0 saturated heterocycles. The van der Waals surface area contributed by atoms with E-state index in [9.17, 15) is 13.2 Å². The van der Waals surface area contributed by atoms with E-state index in [4.69, 9.17) is 0 Å². The Labute approximate surface area is 147 Å². The first-order valence-corrected chi connectivity index (χ1v) is 10.3. The molecule has 1 N–H and O–H groups in total. The van der Waals surface area contributed by atoms with Crippen molar-refractivity contribution < 1.29 is 13.2 Å². The molecule has 128 valence electrons. The second kappa shape index (κ2) is 7.83. The minimum absolute atomic E-state index is 0.393. The van der Waals surface area contributed by atoms with Crippen LogP contribution < -0.4 is 5.32 Å². The highest BCUT2D eigenvalue weighted by Crippen LogP contribution is 2.28. The molecule has 0 aliphatic heterocycles. The van der Waals surface area contributed by atoms with Gasteiger partial charge in [-0.15, -0.1) is 11.8 Å². The molecule has 0 heterocycles. The summed E-state index contributed by atoms with van der Waals surface area (Å²) < 4.78 is 25.0. The number of likely N-dealkylation sites (N-methyl/N-ethyl adjacent to an activating group) is 1. The molecule has 0 saturated carbocycles. The van der Waals surface area contributed by atoms with Crippen molar-refractivity contribution in [1.82, 2.24) is 4.31 Å². The van der Waals surface area contributed by atoms with Crippen LogP contribution in [0.4, 0.5) is 5.69 Å². The number of para-hydroxylation sites is 1. The number of hydrogen-bond acceptors (Lipinski definition) is 4. The molecular weight excluding hydrogens is 344 g/mol. The molecule has 1 amide bonds. The fourth-order valence-electron chi connectivity index (χ4n) is 2.30. The normalized spacial score (nSPS) is 12.8. The monoisotopic (exact) mass is 364 g/mol. The van der Waals surface area contributed by atoms with Gasteiger partial charge in [0.05, 0.1) is 11.9 Å². The molecule has 2 aromatic carbocycles. The van der Waals surface area contributed by atoms with Crippen LogP contribution in [0.5, 0.6) is 0 Å². The van der Waals surface area contributed by atoms with Gasteiger partial charge in [-0.2, -0.15) is 4.31 Å². The van der Waals surface area contributed by atoms with Crippen molar-refractivity contribution in [3.63, 3.8) is 0 Å². The maximum atomic E-state index is 12.8. The van der Waals surface area contributed by atoms with E-state index in [1.165, 1.54) is 18.8 Å². The third-order valence-electron chi connectivity index (χ3n) is 3.62. The van der Waals surface area contributed by atoms with Crippen LogP contribution in [0.25, 0.3) is 0 Å². The molecule has 0 spiro atoms. The summed E-state index contributed by atoms with van der Waals surface area (Å²) in [6.45, 7) is 0. The van der Waals surface area contributed by atoms with Crippen molar-refractivity contribution in [2.75, 3.05) is 24.9 Å². The molecule has 24 heavy (non-hydrogen) atoms. The fraction of sp³-hybridized carbons (Fsp3) is 0.235. The number of rotatable bonds is 6. The van der Waals surface area contributed by atoms with E-state index in [-0.39, 0.29) is 0 Å². The average molecular weight is 364 g/mol. The van der Waals surface area contributed by atoms with Gasteiger partial charge in [0.1, 0.15) is 6.04 Å². The smallest absolute Gasteiger partial charge is 0.247 e. The highest BCUT2D eigenvalue weighted by molar-refractivity contribution is 7.98. The Hall–Kier alpha value is -1.83. The highest BCUT2D eigenvalue weighted by Gasteiger charge is 2.31. The standard InChI is InChI=1S/C17H20N2O3S2/c1-19(24(3,21)22)16(13-9-5-4-6-10-13)17(20)18-14-11-7-8-12-15(14)23-2/h4-12,16H,1-3H3,(H,18,20). The van der Waals surface area contributed by atoms with Gasteiger partial charge in [-0.05, 0) is 24.0 Å². The van der Waals surface area contributed by atoms with Crippen molar-refractivity contribution in [1.29, 1.82) is 0 Å². The van der Waals surface area contributed by atoms with Crippen molar-refractivity contribution in [3.05, 3.63) is 60.2 Å². The van der Waals surface area contributed by atoms with Crippen LogP contribution in [0.2, 0.25) is 0 Å². The van der Waals surface area contributed by atoms with Crippen LogP contribution in [-0.2, 0) is 14.8 Å². The molecule has 0 radical (unpaired) electrons. The van der Waals surface area contributed by atoms with Crippen LogP contribution in [0.15, 0.2) is 59.5 Å². The highest BCUT2D eigenvalue weighted by atomic mass is 32.2. The topological polar surface area (TPSA) is 66.5 Å². The first-order chi connectivity index (χ1) is 11.3. The lowest BCUT2D eigenvalue weighted by Gasteiger charge is -2.26. The number of amides is 1. The molecule has 1 unspecified atom stereocenters. The molecular formula is C17H20N2O3S2. The average Bonchev–Trinajstić information content (AvgIpc) is 2.55. The van der Waals surface area contributed by atoms with Crippen LogP contribution >= 0.6 is 11.8 Å². The van der Waals surface area contributed by atoms with E-state index in [1.54, 1.807) is 30.3 Å². The van der Waals surface area contributed by atoms with Gasteiger partial charge < -0.3 is 5.32 Å². The van der Waals surface area contributed by atoms with Crippen LogP contribution in [0.1, 0.15) is 11.6 Å². The van der Waals surface area contributed by atoms with Gasteiger partial charge in [-0.25, -0.2) is 8.42 Å². The molecule has 2 aromatic rings. The minimum atomic E-state index is -3.54.